The summed E-state index contributed by atoms with van der Waals surface area (Å²) in [4.78, 5) is 10.3. The van der Waals surface area contributed by atoms with Gasteiger partial charge in [0.05, 0.1) is 26.6 Å². The lowest BCUT2D eigenvalue weighted by Gasteiger charge is -2.03. The highest BCUT2D eigenvalue weighted by Gasteiger charge is 2.10. The fourth-order valence-electron chi connectivity index (χ4n) is 1.75. The van der Waals surface area contributed by atoms with E-state index in [2.05, 4.69) is 0 Å². The Morgan fingerprint density at radius 3 is 2.36 bits per heavy atom. The second-order valence-electron chi connectivity index (χ2n) is 4.26. The first-order chi connectivity index (χ1) is 10.4. The number of benzene rings is 2. The van der Waals surface area contributed by atoms with Gasteiger partial charge in [-0.2, -0.15) is 5.26 Å². The van der Waals surface area contributed by atoms with E-state index in [0.717, 1.165) is 0 Å². The van der Waals surface area contributed by atoms with Crippen LogP contribution in [0.2, 0.25) is 15.1 Å². The number of non-ortho nitro benzene ring substituents is 1. The number of halogens is 3. The monoisotopic (exact) mass is 352 g/mol. The fraction of sp³-hybridized carbons (Fsp3) is 0. The molecule has 0 radical (unpaired) electrons. The number of hydrogen-bond donors (Lipinski definition) is 0. The second kappa shape index (κ2) is 6.80. The van der Waals surface area contributed by atoms with Crippen molar-refractivity contribution in [2.24, 2.45) is 0 Å². The van der Waals surface area contributed by atoms with Gasteiger partial charge in [-0.15, -0.1) is 0 Å². The van der Waals surface area contributed by atoms with Crippen LogP contribution in [0.4, 0.5) is 5.69 Å². The minimum absolute atomic E-state index is 0.109. The maximum absolute atomic E-state index is 10.8. The van der Waals surface area contributed by atoms with Crippen LogP contribution < -0.4 is 0 Å². The molecule has 0 aliphatic rings. The van der Waals surface area contributed by atoms with Crippen molar-refractivity contribution in [2.45, 2.75) is 0 Å². The van der Waals surface area contributed by atoms with Crippen LogP contribution in [0.5, 0.6) is 0 Å². The fourth-order valence-corrected chi connectivity index (χ4v) is 2.22. The van der Waals surface area contributed by atoms with E-state index in [4.69, 9.17) is 34.8 Å². The van der Waals surface area contributed by atoms with Crippen LogP contribution >= 0.6 is 34.8 Å². The second-order valence-corrected chi connectivity index (χ2v) is 5.48. The van der Waals surface area contributed by atoms with Gasteiger partial charge in [-0.1, -0.05) is 40.9 Å². The molecule has 0 saturated heterocycles. The summed E-state index contributed by atoms with van der Waals surface area (Å²) in [7, 11) is 0. The van der Waals surface area contributed by atoms with Crippen LogP contribution in [-0.4, -0.2) is 4.92 Å². The zero-order chi connectivity index (χ0) is 16.3. The summed E-state index contributed by atoms with van der Waals surface area (Å²) < 4.78 is 0. The average molecular weight is 354 g/mol. The molecule has 0 aromatic heterocycles. The van der Waals surface area contributed by atoms with E-state index in [0.29, 0.717) is 26.2 Å². The number of nitriles is 1. The third-order valence-electron chi connectivity index (χ3n) is 2.84. The molecule has 0 aliphatic heterocycles. The van der Waals surface area contributed by atoms with Crippen molar-refractivity contribution in [3.63, 3.8) is 0 Å². The Kier molecular flexibility index (Phi) is 5.04. The van der Waals surface area contributed by atoms with Crippen LogP contribution in [-0.2, 0) is 0 Å². The van der Waals surface area contributed by atoms with Crippen molar-refractivity contribution in [1.82, 2.24) is 0 Å². The molecular weight excluding hydrogens is 347 g/mol. The number of rotatable bonds is 3. The van der Waals surface area contributed by atoms with Crippen molar-refractivity contribution >= 4 is 52.1 Å². The van der Waals surface area contributed by atoms with E-state index < -0.39 is 4.92 Å². The highest BCUT2D eigenvalue weighted by atomic mass is 35.5. The predicted molar refractivity (Wildman–Crippen MR) is 88.1 cm³/mol. The van der Waals surface area contributed by atoms with Gasteiger partial charge in [0, 0.05) is 22.7 Å². The summed E-state index contributed by atoms with van der Waals surface area (Å²) in [6, 6.07) is 10.8. The number of allylic oxidation sites excluding steroid dienone is 1. The molecule has 2 aromatic carbocycles. The summed E-state index contributed by atoms with van der Waals surface area (Å²) in [6.45, 7) is 0. The van der Waals surface area contributed by atoms with Crippen LogP contribution in [0, 0.1) is 21.4 Å². The highest BCUT2D eigenvalue weighted by Crippen LogP contribution is 2.29. The highest BCUT2D eigenvalue weighted by molar-refractivity contribution is 6.42. The lowest BCUT2D eigenvalue weighted by molar-refractivity contribution is -0.384. The van der Waals surface area contributed by atoms with Gasteiger partial charge in [0.1, 0.15) is 0 Å². The quantitative estimate of drug-likeness (QED) is 0.311. The van der Waals surface area contributed by atoms with Gasteiger partial charge in [0.15, 0.2) is 0 Å². The van der Waals surface area contributed by atoms with E-state index in [1.807, 2.05) is 6.07 Å². The first kappa shape index (κ1) is 16.3. The van der Waals surface area contributed by atoms with Crippen molar-refractivity contribution < 1.29 is 4.92 Å². The summed E-state index contributed by atoms with van der Waals surface area (Å²) in [5, 5.41) is 21.1. The van der Waals surface area contributed by atoms with E-state index in [1.165, 1.54) is 24.3 Å². The van der Waals surface area contributed by atoms with Crippen molar-refractivity contribution in [1.29, 1.82) is 5.26 Å². The molecule has 22 heavy (non-hydrogen) atoms. The third-order valence-corrected chi connectivity index (χ3v) is 3.92. The topological polar surface area (TPSA) is 66.9 Å². The molecule has 0 spiro atoms. The van der Waals surface area contributed by atoms with Gasteiger partial charge in [0.25, 0.3) is 5.69 Å². The number of nitro groups is 1. The molecule has 110 valence electrons. The Morgan fingerprint density at radius 1 is 1.09 bits per heavy atom. The Hall–Kier alpha value is -2.06. The lowest BCUT2D eigenvalue weighted by atomic mass is 10.0. The molecule has 0 unspecified atom stereocenters. The molecule has 7 heteroatoms. The SMILES string of the molecule is N#C/C(=C/c1cc([N+](=O)[O-])ccc1Cl)c1ccc(Cl)c(Cl)c1. The van der Waals surface area contributed by atoms with E-state index in [9.17, 15) is 15.4 Å². The van der Waals surface area contributed by atoms with Gasteiger partial charge in [-0.3, -0.25) is 10.1 Å². The Balaban J connectivity index is 2.53. The van der Waals surface area contributed by atoms with Gasteiger partial charge in [0.2, 0.25) is 0 Å². The zero-order valence-corrected chi connectivity index (χ0v) is 13.2. The predicted octanol–water partition coefficient (Wildman–Crippen LogP) is 5.62. The smallest absolute Gasteiger partial charge is 0.258 e. The maximum Gasteiger partial charge on any atom is 0.270 e. The summed E-state index contributed by atoms with van der Waals surface area (Å²) in [6.07, 6.45) is 1.47. The van der Waals surface area contributed by atoms with E-state index >= 15 is 0 Å². The van der Waals surface area contributed by atoms with Gasteiger partial charge in [-0.05, 0) is 29.8 Å². The molecule has 0 bridgehead atoms. The summed E-state index contributed by atoms with van der Waals surface area (Å²) in [5.41, 5.74) is 1.07. The van der Waals surface area contributed by atoms with Gasteiger partial charge >= 0.3 is 0 Å². The molecule has 2 aromatic rings. The molecule has 0 heterocycles. The number of hydrogen-bond acceptors (Lipinski definition) is 3. The van der Waals surface area contributed by atoms with Crippen molar-refractivity contribution in [3.05, 3.63) is 72.7 Å². The zero-order valence-electron chi connectivity index (χ0n) is 10.9. The minimum Gasteiger partial charge on any atom is -0.258 e. The summed E-state index contributed by atoms with van der Waals surface area (Å²) in [5.74, 6) is 0. The standard InChI is InChI=1S/C15H7Cl3N2O2/c16-13-4-2-12(20(21)22)6-10(13)5-11(8-19)9-1-3-14(17)15(18)7-9/h1-7H/b11-5-. The normalized spacial score (nSPS) is 11.1. The van der Waals surface area contributed by atoms with Crippen LogP contribution in [0.25, 0.3) is 11.6 Å². The van der Waals surface area contributed by atoms with Crippen molar-refractivity contribution in [3.8, 4) is 6.07 Å². The Morgan fingerprint density at radius 2 is 1.77 bits per heavy atom. The van der Waals surface area contributed by atoms with Crippen LogP contribution in [0.3, 0.4) is 0 Å². The van der Waals surface area contributed by atoms with Crippen LogP contribution in [0.1, 0.15) is 11.1 Å². The Labute approximate surface area is 141 Å². The third kappa shape index (κ3) is 3.58. The molecule has 4 nitrogen and oxygen atoms in total. The number of nitro benzene ring substituents is 1. The van der Waals surface area contributed by atoms with Crippen molar-refractivity contribution in [2.75, 3.05) is 0 Å². The van der Waals surface area contributed by atoms with Gasteiger partial charge < -0.3 is 0 Å². The molecule has 0 saturated carbocycles. The largest absolute Gasteiger partial charge is 0.270 e. The molecule has 0 aliphatic carbocycles. The average Bonchev–Trinajstić information content (AvgIpc) is 2.49. The molecular formula is C15H7Cl3N2O2. The van der Waals surface area contributed by atoms with Gasteiger partial charge in [-0.25, -0.2) is 0 Å². The Bertz CT molecular complexity index is 826. The first-order valence-corrected chi connectivity index (χ1v) is 7.07. The molecule has 0 amide bonds. The van der Waals surface area contributed by atoms with E-state index in [-0.39, 0.29) is 11.3 Å². The number of nitrogens with zero attached hydrogens (tertiary/aromatic N) is 2. The first-order valence-electron chi connectivity index (χ1n) is 5.93. The minimum atomic E-state index is -0.529. The molecule has 0 N–H and O–H groups in total. The summed E-state index contributed by atoms with van der Waals surface area (Å²) >= 11 is 17.8. The van der Waals surface area contributed by atoms with E-state index in [1.54, 1.807) is 18.2 Å². The maximum atomic E-state index is 10.8. The lowest BCUT2D eigenvalue weighted by Crippen LogP contribution is -1.89. The van der Waals surface area contributed by atoms with Crippen LogP contribution in [0.15, 0.2) is 36.4 Å². The molecule has 2 rings (SSSR count). The molecule has 0 fully saturated rings. The molecule has 0 atom stereocenters.